The summed E-state index contributed by atoms with van der Waals surface area (Å²) in [6, 6.07) is 6.87. The van der Waals surface area contributed by atoms with Gasteiger partial charge in [0, 0.05) is 25.6 Å². The highest BCUT2D eigenvalue weighted by molar-refractivity contribution is 5.40. The van der Waals surface area contributed by atoms with E-state index in [2.05, 4.69) is 37.4 Å². The van der Waals surface area contributed by atoms with Crippen molar-refractivity contribution >= 4 is 0 Å². The molecule has 19 heavy (non-hydrogen) atoms. The Bertz CT molecular complexity index is 392. The van der Waals surface area contributed by atoms with E-state index in [1.54, 1.807) is 0 Å². The van der Waals surface area contributed by atoms with Crippen LogP contribution in [-0.4, -0.2) is 26.4 Å². The molecule has 0 bridgehead atoms. The summed E-state index contributed by atoms with van der Waals surface area (Å²) in [6.07, 6.45) is 3.39. The Labute approximate surface area is 116 Å². The summed E-state index contributed by atoms with van der Waals surface area (Å²) in [4.78, 5) is 0. The summed E-state index contributed by atoms with van der Waals surface area (Å²) in [5.41, 5.74) is 2.67. The van der Waals surface area contributed by atoms with Gasteiger partial charge < -0.3 is 14.8 Å². The lowest BCUT2D eigenvalue weighted by Gasteiger charge is -2.15. The van der Waals surface area contributed by atoms with E-state index in [-0.39, 0.29) is 0 Å². The number of hydrogen-bond donors (Lipinski definition) is 1. The Hall–Kier alpha value is -1.06. The summed E-state index contributed by atoms with van der Waals surface area (Å²) < 4.78 is 11.1. The molecular weight excluding hydrogens is 238 g/mol. The fourth-order valence-corrected chi connectivity index (χ4v) is 2.29. The van der Waals surface area contributed by atoms with E-state index >= 15 is 0 Å². The van der Waals surface area contributed by atoms with Crippen LogP contribution in [0.4, 0.5) is 0 Å². The first-order chi connectivity index (χ1) is 9.31. The van der Waals surface area contributed by atoms with Gasteiger partial charge in [-0.2, -0.15) is 0 Å². The van der Waals surface area contributed by atoms with E-state index < -0.39 is 0 Å². The van der Waals surface area contributed by atoms with Crippen molar-refractivity contribution in [1.82, 2.24) is 5.32 Å². The average molecular weight is 263 g/mol. The van der Waals surface area contributed by atoms with Gasteiger partial charge in [0.05, 0.1) is 13.2 Å². The van der Waals surface area contributed by atoms with Crippen molar-refractivity contribution < 1.29 is 9.47 Å². The standard InChI is InChI=1S/C16H25NO2/c1-3-4-9-18-11-8-17-13(2)14-5-6-16-15(12-14)7-10-19-16/h5-6,12-13,17H,3-4,7-11H2,1-2H3. The molecule has 0 aromatic heterocycles. The van der Waals surface area contributed by atoms with E-state index in [9.17, 15) is 0 Å². The van der Waals surface area contributed by atoms with Gasteiger partial charge in [0.2, 0.25) is 0 Å². The highest BCUT2D eigenvalue weighted by Gasteiger charge is 2.14. The van der Waals surface area contributed by atoms with Gasteiger partial charge in [-0.05, 0) is 30.5 Å². The third kappa shape index (κ3) is 4.22. The van der Waals surface area contributed by atoms with Gasteiger partial charge in [-0.3, -0.25) is 0 Å². The molecule has 0 radical (unpaired) electrons. The normalized spacial score (nSPS) is 15.1. The fraction of sp³-hybridized carbons (Fsp3) is 0.625. The molecule has 3 nitrogen and oxygen atoms in total. The molecule has 0 amide bonds. The van der Waals surface area contributed by atoms with Crippen molar-refractivity contribution in [3.05, 3.63) is 29.3 Å². The second-order valence-corrected chi connectivity index (χ2v) is 5.11. The Morgan fingerprint density at radius 2 is 2.26 bits per heavy atom. The van der Waals surface area contributed by atoms with Crippen molar-refractivity contribution in [3.8, 4) is 5.75 Å². The van der Waals surface area contributed by atoms with Crippen LogP contribution in [0.25, 0.3) is 0 Å². The van der Waals surface area contributed by atoms with Gasteiger partial charge in [0.15, 0.2) is 0 Å². The van der Waals surface area contributed by atoms with Crippen molar-refractivity contribution in [2.24, 2.45) is 0 Å². The molecule has 1 N–H and O–H groups in total. The van der Waals surface area contributed by atoms with Gasteiger partial charge in [-0.15, -0.1) is 0 Å². The van der Waals surface area contributed by atoms with Crippen LogP contribution in [0.1, 0.15) is 43.9 Å². The molecule has 1 unspecified atom stereocenters. The molecule has 1 atom stereocenters. The van der Waals surface area contributed by atoms with Gasteiger partial charge in [0.1, 0.15) is 5.75 Å². The topological polar surface area (TPSA) is 30.5 Å². The molecule has 106 valence electrons. The second-order valence-electron chi connectivity index (χ2n) is 5.11. The summed E-state index contributed by atoms with van der Waals surface area (Å²) >= 11 is 0. The maximum Gasteiger partial charge on any atom is 0.122 e. The van der Waals surface area contributed by atoms with Crippen LogP contribution in [0, 0.1) is 0 Å². The maximum atomic E-state index is 5.55. The minimum absolute atomic E-state index is 0.362. The van der Waals surface area contributed by atoms with Crippen molar-refractivity contribution in [1.29, 1.82) is 0 Å². The lowest BCUT2D eigenvalue weighted by Crippen LogP contribution is -2.23. The number of unbranched alkanes of at least 4 members (excludes halogenated alkanes) is 1. The fourth-order valence-electron chi connectivity index (χ4n) is 2.29. The quantitative estimate of drug-likeness (QED) is 0.731. The number of nitrogens with one attached hydrogen (secondary N) is 1. The maximum absolute atomic E-state index is 5.55. The van der Waals surface area contributed by atoms with E-state index in [1.165, 1.54) is 17.5 Å². The minimum Gasteiger partial charge on any atom is -0.493 e. The van der Waals surface area contributed by atoms with E-state index in [1.807, 2.05) is 0 Å². The van der Waals surface area contributed by atoms with Crippen LogP contribution >= 0.6 is 0 Å². The first kappa shape index (κ1) is 14.4. The van der Waals surface area contributed by atoms with Gasteiger partial charge in [-0.25, -0.2) is 0 Å². The molecule has 0 fully saturated rings. The Morgan fingerprint density at radius 3 is 3.11 bits per heavy atom. The zero-order chi connectivity index (χ0) is 13.5. The number of benzene rings is 1. The molecule has 0 aliphatic carbocycles. The minimum atomic E-state index is 0.362. The molecule has 1 heterocycles. The average Bonchev–Trinajstić information content (AvgIpc) is 2.89. The summed E-state index contributed by atoms with van der Waals surface area (Å²) in [5.74, 6) is 1.05. The zero-order valence-electron chi connectivity index (χ0n) is 12.1. The lowest BCUT2D eigenvalue weighted by atomic mass is 10.0. The molecule has 2 rings (SSSR count). The monoisotopic (exact) mass is 263 g/mol. The van der Waals surface area contributed by atoms with E-state index in [0.717, 1.165) is 45.0 Å². The Balaban J connectivity index is 1.72. The summed E-state index contributed by atoms with van der Waals surface area (Å²) in [7, 11) is 0. The molecule has 1 aromatic carbocycles. The molecule has 1 aliphatic heterocycles. The third-order valence-corrected chi connectivity index (χ3v) is 3.55. The third-order valence-electron chi connectivity index (χ3n) is 3.55. The number of rotatable bonds is 8. The van der Waals surface area contributed by atoms with Gasteiger partial charge >= 0.3 is 0 Å². The molecule has 1 aliphatic rings. The van der Waals surface area contributed by atoms with Crippen LogP contribution in [0.3, 0.4) is 0 Å². The first-order valence-electron chi connectivity index (χ1n) is 7.38. The van der Waals surface area contributed by atoms with Crippen LogP contribution in [-0.2, 0) is 11.2 Å². The number of fused-ring (bicyclic) bond motifs is 1. The Kier molecular flexibility index (Phi) is 5.67. The smallest absolute Gasteiger partial charge is 0.122 e. The van der Waals surface area contributed by atoms with Gasteiger partial charge in [-0.1, -0.05) is 25.5 Å². The first-order valence-corrected chi connectivity index (χ1v) is 7.38. The lowest BCUT2D eigenvalue weighted by molar-refractivity contribution is 0.131. The van der Waals surface area contributed by atoms with Crippen molar-refractivity contribution in [2.45, 2.75) is 39.2 Å². The molecule has 3 heteroatoms. The van der Waals surface area contributed by atoms with E-state index in [4.69, 9.17) is 9.47 Å². The largest absolute Gasteiger partial charge is 0.493 e. The van der Waals surface area contributed by atoms with Crippen LogP contribution in [0.2, 0.25) is 0 Å². The zero-order valence-corrected chi connectivity index (χ0v) is 12.1. The molecule has 0 spiro atoms. The predicted octanol–water partition coefficient (Wildman–Crippen LogP) is 3.09. The molecule has 0 saturated heterocycles. The Morgan fingerprint density at radius 1 is 1.37 bits per heavy atom. The van der Waals surface area contributed by atoms with Crippen molar-refractivity contribution in [3.63, 3.8) is 0 Å². The second kappa shape index (κ2) is 7.51. The highest BCUT2D eigenvalue weighted by atomic mass is 16.5. The van der Waals surface area contributed by atoms with Crippen LogP contribution < -0.4 is 10.1 Å². The number of ether oxygens (including phenoxy) is 2. The van der Waals surface area contributed by atoms with E-state index in [0.29, 0.717) is 6.04 Å². The van der Waals surface area contributed by atoms with Crippen LogP contribution in [0.15, 0.2) is 18.2 Å². The molecule has 0 saturated carbocycles. The molecular formula is C16H25NO2. The summed E-state index contributed by atoms with van der Waals surface area (Å²) in [5, 5.41) is 3.50. The van der Waals surface area contributed by atoms with Crippen LogP contribution in [0.5, 0.6) is 5.75 Å². The highest BCUT2D eigenvalue weighted by Crippen LogP contribution is 2.27. The number of hydrogen-bond acceptors (Lipinski definition) is 3. The predicted molar refractivity (Wildman–Crippen MR) is 77.8 cm³/mol. The molecule has 1 aromatic rings. The van der Waals surface area contributed by atoms with Gasteiger partial charge in [0.25, 0.3) is 0 Å². The SMILES string of the molecule is CCCCOCCNC(C)c1ccc2c(c1)CCO2. The van der Waals surface area contributed by atoms with Crippen molar-refractivity contribution in [2.75, 3.05) is 26.4 Å². The summed E-state index contributed by atoms with van der Waals surface area (Å²) in [6.45, 7) is 7.77.